The van der Waals surface area contributed by atoms with E-state index in [2.05, 4.69) is 10.1 Å². The lowest BCUT2D eigenvalue weighted by atomic mass is 10.2. The minimum Gasteiger partial charge on any atom is -0.497 e. The maximum atomic E-state index is 13.0. The number of thiazole rings is 1. The Balaban J connectivity index is 1.70. The maximum absolute atomic E-state index is 13.0. The second-order valence-electron chi connectivity index (χ2n) is 6.21. The summed E-state index contributed by atoms with van der Waals surface area (Å²) in [5, 5.41) is 4.44. The molecule has 0 saturated carbocycles. The number of hydrogen-bond acceptors (Lipinski definition) is 7. The number of methoxy groups -OCH3 is 1. The SMILES string of the molecule is COc1ccc2nc(N(C[C@@H]3CCCO3)C(=O)c3cc(C)no3)sc2c1. The molecule has 0 bridgehead atoms. The number of benzene rings is 1. The van der Waals surface area contributed by atoms with Gasteiger partial charge < -0.3 is 14.0 Å². The Morgan fingerprint density at radius 2 is 2.31 bits per heavy atom. The summed E-state index contributed by atoms with van der Waals surface area (Å²) in [6, 6.07) is 7.31. The number of hydrogen-bond donors (Lipinski definition) is 0. The molecule has 0 radical (unpaired) electrons. The predicted octanol–water partition coefficient (Wildman–Crippen LogP) is 3.43. The molecule has 4 rings (SSSR count). The Kier molecular flexibility index (Phi) is 4.60. The molecule has 0 aliphatic carbocycles. The molecule has 0 unspecified atom stereocenters. The van der Waals surface area contributed by atoms with Gasteiger partial charge in [0, 0.05) is 12.7 Å². The third-order valence-corrected chi connectivity index (χ3v) is 5.35. The van der Waals surface area contributed by atoms with E-state index in [9.17, 15) is 4.79 Å². The lowest BCUT2D eigenvalue weighted by Crippen LogP contribution is -2.37. The summed E-state index contributed by atoms with van der Waals surface area (Å²) in [4.78, 5) is 19.3. The first-order valence-corrected chi connectivity index (χ1v) is 9.27. The number of aryl methyl sites for hydroxylation is 1. The molecule has 1 atom stereocenters. The highest BCUT2D eigenvalue weighted by molar-refractivity contribution is 7.22. The van der Waals surface area contributed by atoms with E-state index in [0.717, 1.165) is 35.4 Å². The number of aromatic nitrogens is 2. The highest BCUT2D eigenvalue weighted by Crippen LogP contribution is 2.33. The van der Waals surface area contributed by atoms with Gasteiger partial charge in [0.15, 0.2) is 5.13 Å². The van der Waals surface area contributed by atoms with Gasteiger partial charge in [-0.3, -0.25) is 9.69 Å². The van der Waals surface area contributed by atoms with Gasteiger partial charge in [-0.25, -0.2) is 4.98 Å². The molecule has 1 aliphatic heterocycles. The molecule has 1 amide bonds. The molecule has 7 nitrogen and oxygen atoms in total. The van der Waals surface area contributed by atoms with Crippen LogP contribution in [0.1, 0.15) is 29.1 Å². The molecule has 1 aromatic carbocycles. The van der Waals surface area contributed by atoms with Gasteiger partial charge >= 0.3 is 0 Å². The van der Waals surface area contributed by atoms with Crippen molar-refractivity contribution in [3.63, 3.8) is 0 Å². The van der Waals surface area contributed by atoms with Crippen LogP contribution in [0.4, 0.5) is 5.13 Å². The average molecular weight is 373 g/mol. The van der Waals surface area contributed by atoms with Crippen LogP contribution >= 0.6 is 11.3 Å². The summed E-state index contributed by atoms with van der Waals surface area (Å²) in [6.45, 7) is 2.95. The van der Waals surface area contributed by atoms with E-state index in [0.29, 0.717) is 17.4 Å². The summed E-state index contributed by atoms with van der Waals surface area (Å²) < 4.78 is 17.1. The monoisotopic (exact) mass is 373 g/mol. The molecule has 1 fully saturated rings. The molecule has 3 aromatic rings. The Morgan fingerprint density at radius 3 is 3.00 bits per heavy atom. The van der Waals surface area contributed by atoms with Crippen LogP contribution in [0.25, 0.3) is 10.2 Å². The van der Waals surface area contributed by atoms with E-state index in [4.69, 9.17) is 14.0 Å². The molecule has 2 aromatic heterocycles. The van der Waals surface area contributed by atoms with E-state index in [-0.39, 0.29) is 17.8 Å². The van der Waals surface area contributed by atoms with Crippen LogP contribution in [-0.2, 0) is 4.74 Å². The fraction of sp³-hybridized carbons (Fsp3) is 0.389. The summed E-state index contributed by atoms with van der Waals surface area (Å²) >= 11 is 1.44. The Labute approximate surface area is 154 Å². The minimum absolute atomic E-state index is 0.00418. The number of carbonyl (C=O) groups is 1. The summed E-state index contributed by atoms with van der Waals surface area (Å²) in [5.74, 6) is 0.708. The fourth-order valence-corrected chi connectivity index (χ4v) is 3.97. The maximum Gasteiger partial charge on any atom is 0.298 e. The van der Waals surface area contributed by atoms with Gasteiger partial charge in [0.25, 0.3) is 5.91 Å². The summed E-state index contributed by atoms with van der Waals surface area (Å²) in [6.07, 6.45) is 1.94. The van der Waals surface area contributed by atoms with Gasteiger partial charge in [-0.2, -0.15) is 0 Å². The van der Waals surface area contributed by atoms with Crippen LogP contribution in [0.3, 0.4) is 0 Å². The standard InChI is InChI=1S/C18H19N3O4S/c1-11-8-15(25-20-11)17(22)21(10-13-4-3-7-24-13)18-19-14-6-5-12(23-2)9-16(14)26-18/h5-6,8-9,13H,3-4,7,10H2,1-2H3/t13-/m0/s1. The topological polar surface area (TPSA) is 77.7 Å². The number of nitrogens with zero attached hydrogens (tertiary/aromatic N) is 3. The largest absolute Gasteiger partial charge is 0.497 e. The molecule has 136 valence electrons. The van der Waals surface area contributed by atoms with E-state index in [1.165, 1.54) is 11.3 Å². The zero-order valence-corrected chi connectivity index (χ0v) is 15.4. The molecule has 0 N–H and O–H groups in total. The van der Waals surface area contributed by atoms with Gasteiger partial charge in [0.1, 0.15) is 5.75 Å². The summed E-state index contributed by atoms with van der Waals surface area (Å²) in [7, 11) is 1.63. The number of fused-ring (bicyclic) bond motifs is 1. The van der Waals surface area contributed by atoms with Crippen LogP contribution in [-0.4, -0.2) is 42.4 Å². The molecule has 0 spiro atoms. The smallest absolute Gasteiger partial charge is 0.298 e. The third kappa shape index (κ3) is 3.30. The molecular formula is C18H19N3O4S. The summed E-state index contributed by atoms with van der Waals surface area (Å²) in [5.41, 5.74) is 1.49. The Bertz CT molecular complexity index is 930. The molecular weight excluding hydrogens is 354 g/mol. The average Bonchev–Trinajstić information content (AvgIpc) is 3.38. The van der Waals surface area contributed by atoms with Gasteiger partial charge in [0.2, 0.25) is 5.76 Å². The van der Waals surface area contributed by atoms with Crippen molar-refractivity contribution in [3.05, 3.63) is 35.7 Å². The van der Waals surface area contributed by atoms with Crippen LogP contribution in [0.2, 0.25) is 0 Å². The number of carbonyl (C=O) groups excluding carboxylic acids is 1. The molecule has 26 heavy (non-hydrogen) atoms. The normalized spacial score (nSPS) is 16.9. The van der Waals surface area contributed by atoms with Crippen molar-refractivity contribution in [2.75, 3.05) is 25.2 Å². The van der Waals surface area contributed by atoms with E-state index in [1.807, 2.05) is 18.2 Å². The Morgan fingerprint density at radius 1 is 1.42 bits per heavy atom. The van der Waals surface area contributed by atoms with Gasteiger partial charge in [-0.05, 0) is 38.0 Å². The zero-order valence-electron chi connectivity index (χ0n) is 14.6. The van der Waals surface area contributed by atoms with Crippen molar-refractivity contribution < 1.29 is 18.8 Å². The number of anilines is 1. The molecule has 1 aliphatic rings. The van der Waals surface area contributed by atoms with Crippen LogP contribution in [0.15, 0.2) is 28.8 Å². The first kappa shape index (κ1) is 17.0. The van der Waals surface area contributed by atoms with Crippen LogP contribution in [0, 0.1) is 6.92 Å². The first-order valence-electron chi connectivity index (χ1n) is 8.45. The quantitative estimate of drug-likeness (QED) is 0.682. The number of rotatable bonds is 5. The van der Waals surface area contributed by atoms with E-state index >= 15 is 0 Å². The Hall–Kier alpha value is -2.45. The first-order chi connectivity index (χ1) is 12.6. The number of amides is 1. The van der Waals surface area contributed by atoms with Crippen molar-refractivity contribution in [1.29, 1.82) is 0 Å². The van der Waals surface area contributed by atoms with Gasteiger partial charge in [0.05, 0.1) is 35.7 Å². The second-order valence-corrected chi connectivity index (χ2v) is 7.22. The van der Waals surface area contributed by atoms with Crippen molar-refractivity contribution in [2.24, 2.45) is 0 Å². The van der Waals surface area contributed by atoms with Gasteiger partial charge in [-0.15, -0.1) is 0 Å². The minimum atomic E-state index is -0.257. The molecule has 3 heterocycles. The third-order valence-electron chi connectivity index (χ3n) is 4.31. The van der Waals surface area contributed by atoms with Crippen molar-refractivity contribution in [3.8, 4) is 5.75 Å². The van der Waals surface area contributed by atoms with Crippen molar-refractivity contribution in [2.45, 2.75) is 25.9 Å². The predicted molar refractivity (Wildman–Crippen MR) is 98.1 cm³/mol. The van der Waals surface area contributed by atoms with E-state index in [1.54, 1.807) is 25.0 Å². The highest BCUT2D eigenvalue weighted by Gasteiger charge is 2.29. The lowest BCUT2D eigenvalue weighted by Gasteiger charge is -2.21. The van der Waals surface area contributed by atoms with E-state index < -0.39 is 0 Å². The van der Waals surface area contributed by atoms with Crippen LogP contribution in [0.5, 0.6) is 5.75 Å². The lowest BCUT2D eigenvalue weighted by molar-refractivity contribution is 0.0887. The highest BCUT2D eigenvalue weighted by atomic mass is 32.1. The van der Waals surface area contributed by atoms with Crippen molar-refractivity contribution in [1.82, 2.24) is 10.1 Å². The number of ether oxygens (including phenoxy) is 2. The fourth-order valence-electron chi connectivity index (χ4n) is 2.97. The second kappa shape index (κ2) is 7.05. The molecule has 1 saturated heterocycles. The van der Waals surface area contributed by atoms with Crippen molar-refractivity contribution >= 4 is 32.6 Å². The van der Waals surface area contributed by atoms with Gasteiger partial charge in [-0.1, -0.05) is 16.5 Å². The molecule has 8 heteroatoms. The zero-order chi connectivity index (χ0) is 18.1. The van der Waals surface area contributed by atoms with Crippen LogP contribution < -0.4 is 9.64 Å².